The van der Waals surface area contributed by atoms with Crippen LogP contribution in [0.5, 0.6) is 5.75 Å². The minimum Gasteiger partial charge on any atom is -0.488 e. The number of hydrogen-bond donors (Lipinski definition) is 1. The number of amides is 1. The van der Waals surface area contributed by atoms with Gasteiger partial charge in [0.25, 0.3) is 0 Å². The first-order valence-corrected chi connectivity index (χ1v) is 12.1. The summed E-state index contributed by atoms with van der Waals surface area (Å²) in [5.41, 5.74) is 2.33. The monoisotopic (exact) mass is 448 g/mol. The van der Waals surface area contributed by atoms with Gasteiger partial charge >= 0.3 is 0 Å². The summed E-state index contributed by atoms with van der Waals surface area (Å²) < 4.78 is 6.16. The quantitative estimate of drug-likeness (QED) is 0.583. The fourth-order valence-electron chi connectivity index (χ4n) is 4.83. The van der Waals surface area contributed by atoms with Gasteiger partial charge in [-0.1, -0.05) is 18.2 Å². The van der Waals surface area contributed by atoms with Crippen LogP contribution < -0.4 is 10.1 Å². The summed E-state index contributed by atoms with van der Waals surface area (Å²) in [5, 5.41) is 5.48. The Bertz CT molecular complexity index is 1190. The zero-order valence-electron chi connectivity index (χ0n) is 18.5. The van der Waals surface area contributed by atoms with E-state index in [2.05, 4.69) is 41.5 Å². The van der Waals surface area contributed by atoms with Crippen LogP contribution in [-0.2, 0) is 11.2 Å². The van der Waals surface area contributed by atoms with Crippen molar-refractivity contribution in [1.82, 2.24) is 10.2 Å². The second-order valence-corrected chi connectivity index (χ2v) is 10.1. The minimum atomic E-state index is -0.0315. The highest BCUT2D eigenvalue weighted by Crippen LogP contribution is 2.37. The van der Waals surface area contributed by atoms with Crippen molar-refractivity contribution < 1.29 is 14.3 Å². The number of piperidine rings is 1. The molecule has 166 valence electrons. The minimum absolute atomic E-state index is 0.0315. The van der Waals surface area contributed by atoms with E-state index in [-0.39, 0.29) is 23.7 Å². The molecular formula is C26H28N2O3S. The third kappa shape index (κ3) is 4.17. The number of thiophene rings is 1. The van der Waals surface area contributed by atoms with Gasteiger partial charge in [0.15, 0.2) is 5.78 Å². The maximum absolute atomic E-state index is 12.6. The largest absolute Gasteiger partial charge is 0.488 e. The summed E-state index contributed by atoms with van der Waals surface area (Å²) in [5.74, 6) is 1.24. The number of nitrogens with zero attached hydrogens (tertiary/aromatic N) is 1. The first kappa shape index (κ1) is 21.2. The summed E-state index contributed by atoms with van der Waals surface area (Å²) in [6.45, 7) is 4.05. The van der Waals surface area contributed by atoms with Crippen LogP contribution in [-0.4, -0.2) is 49.4 Å². The average molecular weight is 449 g/mol. The molecule has 2 atom stereocenters. The molecule has 0 saturated carbocycles. The van der Waals surface area contributed by atoms with Gasteiger partial charge in [0.05, 0.1) is 17.3 Å². The predicted molar refractivity (Wildman–Crippen MR) is 129 cm³/mol. The lowest BCUT2D eigenvalue weighted by Crippen LogP contribution is -2.44. The topological polar surface area (TPSA) is 58.6 Å². The van der Waals surface area contributed by atoms with Crippen molar-refractivity contribution in [3.63, 3.8) is 0 Å². The predicted octanol–water partition coefficient (Wildman–Crippen LogP) is 4.53. The van der Waals surface area contributed by atoms with Gasteiger partial charge in [0.2, 0.25) is 5.91 Å². The Hall–Kier alpha value is -2.70. The molecule has 3 heterocycles. The van der Waals surface area contributed by atoms with Gasteiger partial charge in [-0.25, -0.2) is 0 Å². The molecule has 2 aliphatic rings. The molecule has 32 heavy (non-hydrogen) atoms. The second-order valence-electron chi connectivity index (χ2n) is 8.99. The van der Waals surface area contributed by atoms with Crippen molar-refractivity contribution in [2.45, 2.75) is 32.3 Å². The summed E-state index contributed by atoms with van der Waals surface area (Å²) in [4.78, 5) is 28.3. The molecule has 1 fully saturated rings. The summed E-state index contributed by atoms with van der Waals surface area (Å²) in [7, 11) is 2.08. The van der Waals surface area contributed by atoms with E-state index in [1.807, 2.05) is 18.2 Å². The molecule has 1 aromatic heterocycles. The van der Waals surface area contributed by atoms with E-state index in [0.29, 0.717) is 6.54 Å². The standard InChI is InChI=1S/C26H28N2O3S/c1-16(29)24-9-10-25(32-24)18-5-7-21-17(12-18)6-8-23-22(21)13-20(31-23)14-27-26(30)19-4-3-11-28(2)15-19/h5-10,12,19-20H,3-4,11,13-15H2,1-2H3,(H,27,30)/t19-,20+/m0/s1. The lowest BCUT2D eigenvalue weighted by Gasteiger charge is -2.29. The van der Waals surface area contributed by atoms with Crippen LogP contribution in [0.15, 0.2) is 42.5 Å². The molecule has 0 unspecified atom stereocenters. The molecule has 2 aliphatic heterocycles. The smallest absolute Gasteiger partial charge is 0.224 e. The molecule has 0 spiro atoms. The van der Waals surface area contributed by atoms with Crippen molar-refractivity contribution in [2.24, 2.45) is 5.92 Å². The third-order valence-corrected chi connectivity index (χ3v) is 7.79. The molecule has 2 aromatic carbocycles. The number of ketones is 1. The van der Waals surface area contributed by atoms with Crippen molar-refractivity contribution in [3.8, 4) is 16.2 Å². The van der Waals surface area contributed by atoms with E-state index >= 15 is 0 Å². The Morgan fingerprint density at radius 3 is 2.84 bits per heavy atom. The van der Waals surface area contributed by atoms with E-state index in [1.54, 1.807) is 6.92 Å². The van der Waals surface area contributed by atoms with E-state index < -0.39 is 0 Å². The number of likely N-dealkylation sites (tertiary alicyclic amines) is 1. The summed E-state index contributed by atoms with van der Waals surface area (Å²) in [6, 6.07) is 14.5. The third-order valence-electron chi connectivity index (χ3n) is 6.55. The Morgan fingerprint density at radius 2 is 2.06 bits per heavy atom. The Kier molecular flexibility index (Phi) is 5.74. The highest BCUT2D eigenvalue weighted by molar-refractivity contribution is 7.17. The van der Waals surface area contributed by atoms with Gasteiger partial charge < -0.3 is 15.0 Å². The molecule has 0 bridgehead atoms. The lowest BCUT2D eigenvalue weighted by molar-refractivity contribution is -0.126. The molecule has 5 rings (SSSR count). The van der Waals surface area contributed by atoms with Crippen LogP contribution >= 0.6 is 11.3 Å². The van der Waals surface area contributed by atoms with Crippen LogP contribution in [0, 0.1) is 5.92 Å². The van der Waals surface area contributed by atoms with Crippen LogP contribution in [0.3, 0.4) is 0 Å². The van der Waals surface area contributed by atoms with Crippen molar-refractivity contribution in [3.05, 3.63) is 52.9 Å². The molecule has 1 saturated heterocycles. The highest BCUT2D eigenvalue weighted by atomic mass is 32.1. The van der Waals surface area contributed by atoms with Gasteiger partial charge in [0, 0.05) is 23.4 Å². The molecule has 0 radical (unpaired) electrons. The number of Topliss-reactive ketones (excluding diaryl/α,β-unsaturated/α-hetero) is 1. The Labute approximate surface area is 192 Å². The van der Waals surface area contributed by atoms with Crippen LogP contribution in [0.2, 0.25) is 0 Å². The Morgan fingerprint density at radius 1 is 1.19 bits per heavy atom. The van der Waals surface area contributed by atoms with Crippen molar-refractivity contribution in [1.29, 1.82) is 0 Å². The van der Waals surface area contributed by atoms with Crippen LogP contribution in [0.1, 0.15) is 35.0 Å². The zero-order chi connectivity index (χ0) is 22.2. The fraction of sp³-hybridized carbons (Fsp3) is 0.385. The number of ether oxygens (including phenoxy) is 1. The van der Waals surface area contributed by atoms with Gasteiger partial charge in [0.1, 0.15) is 11.9 Å². The maximum Gasteiger partial charge on any atom is 0.224 e. The first-order valence-electron chi connectivity index (χ1n) is 11.3. The second kappa shape index (κ2) is 8.68. The fourth-order valence-corrected chi connectivity index (χ4v) is 5.73. The lowest BCUT2D eigenvalue weighted by atomic mass is 9.97. The van der Waals surface area contributed by atoms with Gasteiger partial charge in [-0.2, -0.15) is 0 Å². The van der Waals surface area contributed by atoms with E-state index in [0.717, 1.165) is 58.8 Å². The van der Waals surface area contributed by atoms with Crippen molar-refractivity contribution >= 4 is 33.8 Å². The molecule has 0 aliphatic carbocycles. The molecule has 5 nitrogen and oxygen atoms in total. The normalized spacial score (nSPS) is 20.7. The zero-order valence-corrected chi connectivity index (χ0v) is 19.3. The van der Waals surface area contributed by atoms with Crippen LogP contribution in [0.4, 0.5) is 0 Å². The summed E-state index contributed by atoms with van der Waals surface area (Å²) >= 11 is 1.53. The first-order chi connectivity index (χ1) is 15.5. The van der Waals surface area contributed by atoms with Gasteiger partial charge in [-0.15, -0.1) is 11.3 Å². The number of carbonyl (C=O) groups is 2. The summed E-state index contributed by atoms with van der Waals surface area (Å²) in [6.07, 6.45) is 2.81. The number of benzene rings is 2. The molecule has 6 heteroatoms. The molecule has 1 N–H and O–H groups in total. The van der Waals surface area contributed by atoms with Gasteiger partial charge in [-0.05, 0) is 74.0 Å². The Balaban J connectivity index is 1.28. The SMILES string of the molecule is CC(=O)c1ccc(-c2ccc3c4c(ccc3c2)O[C@@H](CNC(=O)[C@H]2CCCN(C)C2)C4)s1. The average Bonchev–Trinajstić information content (AvgIpc) is 3.44. The van der Waals surface area contributed by atoms with Crippen LogP contribution in [0.25, 0.3) is 21.2 Å². The highest BCUT2D eigenvalue weighted by Gasteiger charge is 2.28. The molecule has 3 aromatic rings. The number of rotatable bonds is 5. The van der Waals surface area contributed by atoms with Gasteiger partial charge in [-0.3, -0.25) is 9.59 Å². The van der Waals surface area contributed by atoms with E-state index in [4.69, 9.17) is 4.74 Å². The number of carbonyl (C=O) groups excluding carboxylic acids is 2. The van der Waals surface area contributed by atoms with Crippen molar-refractivity contribution in [2.75, 3.05) is 26.7 Å². The van der Waals surface area contributed by atoms with E-state index in [9.17, 15) is 9.59 Å². The number of hydrogen-bond acceptors (Lipinski definition) is 5. The maximum atomic E-state index is 12.6. The number of nitrogens with one attached hydrogen (secondary N) is 1. The molecule has 1 amide bonds. The number of fused-ring (bicyclic) bond motifs is 3. The van der Waals surface area contributed by atoms with E-state index in [1.165, 1.54) is 22.3 Å². The molecular weight excluding hydrogens is 420 g/mol.